The van der Waals surface area contributed by atoms with E-state index in [1.165, 1.54) is 4.90 Å². The van der Waals surface area contributed by atoms with Crippen LogP contribution >= 0.6 is 47.3 Å². The van der Waals surface area contributed by atoms with Crippen molar-refractivity contribution in [2.24, 2.45) is 4.99 Å². The topological polar surface area (TPSA) is 45.7 Å². The maximum Gasteiger partial charge on any atom is 0.191 e. The van der Waals surface area contributed by atoms with Crippen LogP contribution in [0.5, 0.6) is 0 Å². The Kier molecular flexibility index (Phi) is 13.4. The zero-order valence-corrected chi connectivity index (χ0v) is 16.3. The van der Waals surface area contributed by atoms with Crippen LogP contribution in [0.3, 0.4) is 0 Å². The predicted molar refractivity (Wildman–Crippen MR) is 103 cm³/mol. The first-order valence-corrected chi connectivity index (χ1v) is 8.02. The van der Waals surface area contributed by atoms with Crippen molar-refractivity contribution in [3.05, 3.63) is 29.3 Å². The van der Waals surface area contributed by atoms with Crippen LogP contribution in [0.4, 0.5) is 0 Å². The van der Waals surface area contributed by atoms with Gasteiger partial charge in [0.05, 0.1) is 13.2 Å². The number of nitrogens with zero attached hydrogens (tertiary/aromatic N) is 1. The number of methoxy groups -OCH3 is 1. The highest BCUT2D eigenvalue weighted by Crippen LogP contribution is 2.19. The van der Waals surface area contributed by atoms with Gasteiger partial charge in [-0.05, 0) is 31.2 Å². The molecule has 21 heavy (non-hydrogen) atoms. The molecule has 0 aromatic heterocycles. The van der Waals surface area contributed by atoms with Gasteiger partial charge in [0.2, 0.25) is 0 Å². The van der Waals surface area contributed by atoms with Gasteiger partial charge in [0.25, 0.3) is 0 Å². The van der Waals surface area contributed by atoms with Gasteiger partial charge in [-0.15, -0.1) is 35.7 Å². The number of nitrogens with one attached hydrogen (secondary N) is 2. The monoisotopic (exact) mass is 443 g/mol. The Morgan fingerprint density at radius 1 is 1.29 bits per heavy atom. The molecule has 120 valence electrons. The molecule has 4 nitrogen and oxygen atoms in total. The van der Waals surface area contributed by atoms with Crippen LogP contribution in [-0.4, -0.2) is 45.1 Å². The number of rotatable bonds is 8. The summed E-state index contributed by atoms with van der Waals surface area (Å²) in [6, 6.07) is 7.89. The molecule has 0 saturated heterocycles. The van der Waals surface area contributed by atoms with Gasteiger partial charge >= 0.3 is 0 Å². The van der Waals surface area contributed by atoms with Crippen molar-refractivity contribution in [2.45, 2.75) is 11.8 Å². The molecule has 7 heteroatoms. The molecule has 0 aliphatic rings. The molecular formula is C14H23ClIN3OS. The Labute approximate surface area is 153 Å². The Morgan fingerprint density at radius 2 is 2.00 bits per heavy atom. The Hall–Kier alpha value is -0.180. The third-order valence-corrected chi connectivity index (χ3v) is 3.65. The summed E-state index contributed by atoms with van der Waals surface area (Å²) in [5.74, 6) is 1.80. The first-order valence-electron chi connectivity index (χ1n) is 6.65. The molecule has 0 aliphatic heterocycles. The second kappa shape index (κ2) is 13.5. The number of guanidine groups is 1. The molecule has 0 fully saturated rings. The van der Waals surface area contributed by atoms with Crippen LogP contribution in [0.1, 0.15) is 6.92 Å². The van der Waals surface area contributed by atoms with Gasteiger partial charge in [-0.3, -0.25) is 4.99 Å². The molecule has 0 amide bonds. The molecule has 0 atom stereocenters. The minimum Gasteiger partial charge on any atom is -0.383 e. The molecule has 0 radical (unpaired) electrons. The summed E-state index contributed by atoms with van der Waals surface area (Å²) >= 11 is 7.64. The highest BCUT2D eigenvalue weighted by Gasteiger charge is 1.98. The van der Waals surface area contributed by atoms with E-state index in [1.807, 2.05) is 24.3 Å². The molecule has 1 aromatic carbocycles. The molecule has 0 aliphatic carbocycles. The second-order valence-electron chi connectivity index (χ2n) is 3.98. The molecule has 2 N–H and O–H groups in total. The van der Waals surface area contributed by atoms with Gasteiger partial charge in [-0.1, -0.05) is 11.6 Å². The van der Waals surface area contributed by atoms with E-state index in [1.54, 1.807) is 18.9 Å². The molecule has 1 aromatic rings. The van der Waals surface area contributed by atoms with E-state index < -0.39 is 0 Å². The van der Waals surface area contributed by atoms with Crippen molar-refractivity contribution >= 4 is 53.3 Å². The van der Waals surface area contributed by atoms with Crippen LogP contribution < -0.4 is 10.6 Å². The minimum atomic E-state index is 0. The number of halogens is 2. The fourth-order valence-electron chi connectivity index (χ4n) is 1.46. The van der Waals surface area contributed by atoms with Gasteiger partial charge in [0, 0.05) is 35.9 Å². The number of thioether (sulfide) groups is 1. The van der Waals surface area contributed by atoms with E-state index in [2.05, 4.69) is 22.5 Å². The zero-order valence-electron chi connectivity index (χ0n) is 12.4. The van der Waals surface area contributed by atoms with E-state index in [0.29, 0.717) is 13.2 Å². The molecule has 0 spiro atoms. The average molecular weight is 444 g/mol. The van der Waals surface area contributed by atoms with E-state index in [0.717, 1.165) is 29.8 Å². The fourth-order valence-corrected chi connectivity index (χ4v) is 2.35. The highest BCUT2D eigenvalue weighted by atomic mass is 127. The van der Waals surface area contributed by atoms with Crippen LogP contribution in [0.15, 0.2) is 34.2 Å². The zero-order chi connectivity index (χ0) is 14.6. The maximum absolute atomic E-state index is 5.85. The Bertz CT molecular complexity index is 404. The molecule has 1 rings (SSSR count). The lowest BCUT2D eigenvalue weighted by Crippen LogP contribution is -2.38. The van der Waals surface area contributed by atoms with E-state index in [4.69, 9.17) is 16.3 Å². The first kappa shape index (κ1) is 20.8. The van der Waals surface area contributed by atoms with Crippen LogP contribution in [0.25, 0.3) is 0 Å². The normalized spacial score (nSPS) is 10.9. The highest BCUT2D eigenvalue weighted by molar-refractivity contribution is 14.0. The van der Waals surface area contributed by atoms with Crippen molar-refractivity contribution in [3.63, 3.8) is 0 Å². The van der Waals surface area contributed by atoms with Crippen molar-refractivity contribution in [2.75, 3.05) is 39.1 Å². The van der Waals surface area contributed by atoms with Gasteiger partial charge in [0.1, 0.15) is 0 Å². The van der Waals surface area contributed by atoms with Crippen molar-refractivity contribution in [3.8, 4) is 0 Å². The van der Waals surface area contributed by atoms with E-state index >= 15 is 0 Å². The molecule has 0 saturated carbocycles. The number of hydrogen-bond donors (Lipinski definition) is 2. The second-order valence-corrected chi connectivity index (χ2v) is 5.59. The predicted octanol–water partition coefficient (Wildman–Crippen LogP) is 3.25. The lowest BCUT2D eigenvalue weighted by atomic mass is 10.4. The molecule has 0 heterocycles. The molecule has 0 unspecified atom stereocenters. The maximum atomic E-state index is 5.85. The Morgan fingerprint density at radius 3 is 2.62 bits per heavy atom. The smallest absolute Gasteiger partial charge is 0.191 e. The van der Waals surface area contributed by atoms with Gasteiger partial charge in [-0.25, -0.2) is 0 Å². The first-order chi connectivity index (χ1) is 9.76. The molecular weight excluding hydrogens is 421 g/mol. The summed E-state index contributed by atoms with van der Waals surface area (Å²) in [7, 11) is 1.68. The summed E-state index contributed by atoms with van der Waals surface area (Å²) in [6.07, 6.45) is 0. The number of aliphatic imine (C=N–C) groups is 1. The summed E-state index contributed by atoms with van der Waals surface area (Å²) in [5, 5.41) is 7.27. The van der Waals surface area contributed by atoms with Crippen molar-refractivity contribution in [1.82, 2.24) is 10.6 Å². The third kappa shape index (κ3) is 10.2. The number of hydrogen-bond acceptors (Lipinski definition) is 3. The van der Waals surface area contributed by atoms with Gasteiger partial charge in [0.15, 0.2) is 5.96 Å². The molecule has 0 bridgehead atoms. The average Bonchev–Trinajstić information content (AvgIpc) is 2.45. The van der Waals surface area contributed by atoms with Crippen molar-refractivity contribution in [1.29, 1.82) is 0 Å². The SMILES string of the molecule is CCNC(=NCCOC)NCCSc1ccc(Cl)cc1.I. The summed E-state index contributed by atoms with van der Waals surface area (Å²) in [6.45, 7) is 5.05. The van der Waals surface area contributed by atoms with Crippen molar-refractivity contribution < 1.29 is 4.74 Å². The summed E-state index contributed by atoms with van der Waals surface area (Å²) in [5.41, 5.74) is 0. The quantitative estimate of drug-likeness (QED) is 0.213. The summed E-state index contributed by atoms with van der Waals surface area (Å²) in [4.78, 5) is 5.62. The van der Waals surface area contributed by atoms with Crippen LogP contribution in [-0.2, 0) is 4.74 Å². The lowest BCUT2D eigenvalue weighted by molar-refractivity contribution is 0.208. The largest absolute Gasteiger partial charge is 0.383 e. The van der Waals surface area contributed by atoms with Crippen LogP contribution in [0.2, 0.25) is 5.02 Å². The van der Waals surface area contributed by atoms with Crippen LogP contribution in [0, 0.1) is 0 Å². The van der Waals surface area contributed by atoms with Gasteiger partial charge < -0.3 is 15.4 Å². The van der Waals surface area contributed by atoms with Gasteiger partial charge in [-0.2, -0.15) is 0 Å². The van der Waals surface area contributed by atoms with E-state index in [9.17, 15) is 0 Å². The fraction of sp³-hybridized carbons (Fsp3) is 0.500. The minimum absolute atomic E-state index is 0. The standard InChI is InChI=1S/C14H22ClN3OS.HI/c1-3-16-14(17-8-10-19-2)18-9-11-20-13-6-4-12(15)5-7-13;/h4-7H,3,8-11H2,1-2H3,(H2,16,17,18);1H. The third-order valence-electron chi connectivity index (χ3n) is 2.39. The number of ether oxygens (including phenoxy) is 1. The summed E-state index contributed by atoms with van der Waals surface area (Å²) < 4.78 is 4.99. The lowest BCUT2D eigenvalue weighted by Gasteiger charge is -2.11. The van der Waals surface area contributed by atoms with E-state index in [-0.39, 0.29) is 24.0 Å². The number of benzene rings is 1. The Balaban J connectivity index is 0.00000400.